The van der Waals surface area contributed by atoms with Crippen molar-refractivity contribution in [1.29, 1.82) is 0 Å². The second kappa shape index (κ2) is 7.19. The van der Waals surface area contributed by atoms with Crippen molar-refractivity contribution in [3.63, 3.8) is 0 Å². The Hall–Kier alpha value is -2.43. The molecule has 2 aliphatic rings. The van der Waals surface area contributed by atoms with Gasteiger partial charge in [-0.15, -0.1) is 13.2 Å². The Labute approximate surface area is 164 Å². The highest BCUT2D eigenvalue weighted by molar-refractivity contribution is 5.40. The molecule has 0 radical (unpaired) electrons. The van der Waals surface area contributed by atoms with E-state index in [4.69, 9.17) is 4.74 Å². The van der Waals surface area contributed by atoms with Gasteiger partial charge in [0.2, 0.25) is 0 Å². The summed E-state index contributed by atoms with van der Waals surface area (Å²) in [7, 11) is 0. The molecule has 28 heavy (non-hydrogen) atoms. The minimum absolute atomic E-state index is 0.0530. The first-order valence-electron chi connectivity index (χ1n) is 9.28. The summed E-state index contributed by atoms with van der Waals surface area (Å²) in [4.78, 5) is 0. The fourth-order valence-electron chi connectivity index (χ4n) is 3.63. The van der Waals surface area contributed by atoms with E-state index in [-0.39, 0.29) is 16.6 Å². The highest BCUT2D eigenvalue weighted by Gasteiger charge is 2.32. The fourth-order valence-corrected chi connectivity index (χ4v) is 3.63. The van der Waals surface area contributed by atoms with Crippen LogP contribution in [0.25, 0.3) is 0 Å². The van der Waals surface area contributed by atoms with Crippen LogP contribution < -0.4 is 4.74 Å². The lowest BCUT2D eigenvalue weighted by Gasteiger charge is -2.33. The molecule has 2 aliphatic carbocycles. The van der Waals surface area contributed by atoms with Crippen LogP contribution >= 0.6 is 0 Å². The third-order valence-corrected chi connectivity index (χ3v) is 5.22. The second-order valence-corrected chi connectivity index (χ2v) is 8.34. The van der Waals surface area contributed by atoms with Crippen molar-refractivity contribution in [2.45, 2.75) is 52.3 Å². The maximum atomic E-state index is 12.3. The van der Waals surface area contributed by atoms with Gasteiger partial charge in [-0.3, -0.25) is 0 Å². The summed E-state index contributed by atoms with van der Waals surface area (Å²) in [6.45, 7) is 8.49. The molecular weight excluding hydrogens is 365 g/mol. The van der Waals surface area contributed by atoms with E-state index in [1.165, 1.54) is 17.7 Å². The minimum atomic E-state index is -4.68. The highest BCUT2D eigenvalue weighted by Crippen LogP contribution is 2.40. The molecule has 1 atom stereocenters. The Morgan fingerprint density at radius 3 is 2.21 bits per heavy atom. The number of hydrogen-bond donors (Lipinski definition) is 0. The largest absolute Gasteiger partial charge is 0.573 e. The highest BCUT2D eigenvalue weighted by atomic mass is 19.4. The molecular formula is C23H25F3O2. The lowest BCUT2D eigenvalue weighted by molar-refractivity contribution is -0.274. The van der Waals surface area contributed by atoms with Gasteiger partial charge in [-0.25, -0.2) is 0 Å². The van der Waals surface area contributed by atoms with E-state index in [1.54, 1.807) is 12.1 Å². The molecule has 0 saturated heterocycles. The number of allylic oxidation sites excluding steroid dienone is 7. The lowest BCUT2D eigenvalue weighted by atomic mass is 9.77. The van der Waals surface area contributed by atoms with E-state index < -0.39 is 6.36 Å². The van der Waals surface area contributed by atoms with Crippen LogP contribution in [0, 0.1) is 5.41 Å². The quantitative estimate of drug-likeness (QED) is 0.553. The first kappa shape index (κ1) is 20.3. The first-order valence-corrected chi connectivity index (χ1v) is 9.28. The van der Waals surface area contributed by atoms with Gasteiger partial charge < -0.3 is 9.47 Å². The second-order valence-electron chi connectivity index (χ2n) is 8.34. The minimum Gasteiger partial charge on any atom is -0.462 e. The van der Waals surface area contributed by atoms with Gasteiger partial charge in [0.05, 0.1) is 0 Å². The van der Waals surface area contributed by atoms with Crippen LogP contribution in [0.3, 0.4) is 0 Å². The summed E-state index contributed by atoms with van der Waals surface area (Å²) in [5, 5.41) is 0. The van der Waals surface area contributed by atoms with Crippen LogP contribution in [0.2, 0.25) is 0 Å². The SMILES string of the molecule is CC1=CC=C(OC2=CCC(C)(c3ccc(OC(F)(F)F)cc3)C=C2)C(C)(C)C1. The molecule has 3 rings (SSSR count). The molecule has 1 aromatic rings. The molecule has 0 fully saturated rings. The van der Waals surface area contributed by atoms with Crippen molar-refractivity contribution in [1.82, 2.24) is 0 Å². The molecule has 150 valence electrons. The fraction of sp³-hybridized carbons (Fsp3) is 0.391. The average molecular weight is 390 g/mol. The Morgan fingerprint density at radius 2 is 1.68 bits per heavy atom. The molecule has 1 unspecified atom stereocenters. The Kier molecular flexibility index (Phi) is 5.22. The van der Waals surface area contributed by atoms with Crippen LogP contribution in [-0.2, 0) is 10.2 Å². The van der Waals surface area contributed by atoms with Gasteiger partial charge >= 0.3 is 6.36 Å². The summed E-state index contributed by atoms with van der Waals surface area (Å²) >= 11 is 0. The number of alkyl halides is 3. The van der Waals surface area contributed by atoms with Gasteiger partial charge in [-0.2, -0.15) is 0 Å². The van der Waals surface area contributed by atoms with E-state index in [9.17, 15) is 13.2 Å². The zero-order valence-corrected chi connectivity index (χ0v) is 16.6. The van der Waals surface area contributed by atoms with Gasteiger partial charge in [-0.05, 0) is 55.7 Å². The predicted molar refractivity (Wildman–Crippen MR) is 104 cm³/mol. The Morgan fingerprint density at radius 1 is 1.00 bits per heavy atom. The van der Waals surface area contributed by atoms with Crippen molar-refractivity contribution >= 4 is 0 Å². The molecule has 0 heterocycles. The topological polar surface area (TPSA) is 18.5 Å². The average Bonchev–Trinajstić information content (AvgIpc) is 2.58. The van der Waals surface area contributed by atoms with Crippen LogP contribution in [0.15, 0.2) is 71.7 Å². The van der Waals surface area contributed by atoms with Gasteiger partial charge in [0, 0.05) is 10.8 Å². The number of hydrogen-bond acceptors (Lipinski definition) is 2. The van der Waals surface area contributed by atoms with E-state index >= 15 is 0 Å². The third kappa shape index (κ3) is 4.70. The monoisotopic (exact) mass is 390 g/mol. The summed E-state index contributed by atoms with van der Waals surface area (Å²) in [6, 6.07) is 6.04. The van der Waals surface area contributed by atoms with Crippen LogP contribution in [-0.4, -0.2) is 6.36 Å². The molecule has 0 aromatic heterocycles. The van der Waals surface area contributed by atoms with Crippen LogP contribution in [0.5, 0.6) is 5.75 Å². The van der Waals surface area contributed by atoms with Crippen molar-refractivity contribution in [3.8, 4) is 5.75 Å². The van der Waals surface area contributed by atoms with Crippen LogP contribution in [0.4, 0.5) is 13.2 Å². The summed E-state index contributed by atoms with van der Waals surface area (Å²) in [5.41, 5.74) is 1.89. The number of benzene rings is 1. The van der Waals surface area contributed by atoms with Gasteiger partial charge in [0.1, 0.15) is 17.3 Å². The summed E-state index contributed by atoms with van der Waals surface area (Å²) in [5.74, 6) is 1.52. The van der Waals surface area contributed by atoms with Crippen molar-refractivity contribution in [2.24, 2.45) is 5.41 Å². The summed E-state index contributed by atoms with van der Waals surface area (Å²) in [6.07, 6.45) is 7.09. The van der Waals surface area contributed by atoms with E-state index in [0.717, 1.165) is 23.5 Å². The lowest BCUT2D eigenvalue weighted by Crippen LogP contribution is -2.23. The van der Waals surface area contributed by atoms with E-state index in [1.807, 2.05) is 31.2 Å². The first-order chi connectivity index (χ1) is 13.0. The van der Waals surface area contributed by atoms with Gasteiger partial charge in [0.25, 0.3) is 0 Å². The molecule has 0 bridgehead atoms. The smallest absolute Gasteiger partial charge is 0.462 e. The Balaban J connectivity index is 1.70. The third-order valence-electron chi connectivity index (χ3n) is 5.22. The maximum absolute atomic E-state index is 12.3. The van der Waals surface area contributed by atoms with E-state index in [0.29, 0.717) is 6.42 Å². The zero-order valence-electron chi connectivity index (χ0n) is 16.6. The predicted octanol–water partition coefficient (Wildman–Crippen LogP) is 6.96. The van der Waals surface area contributed by atoms with E-state index in [2.05, 4.69) is 31.6 Å². The molecule has 0 spiro atoms. The molecule has 0 saturated carbocycles. The van der Waals surface area contributed by atoms with Crippen molar-refractivity contribution in [2.75, 3.05) is 0 Å². The number of halogens is 3. The number of ether oxygens (including phenoxy) is 2. The van der Waals surface area contributed by atoms with Gasteiger partial charge in [0.15, 0.2) is 0 Å². The zero-order chi connectivity index (χ0) is 20.6. The van der Waals surface area contributed by atoms with Crippen molar-refractivity contribution < 1.29 is 22.6 Å². The molecule has 0 amide bonds. The molecule has 2 nitrogen and oxygen atoms in total. The normalized spacial score (nSPS) is 24.2. The van der Waals surface area contributed by atoms with Crippen LogP contribution in [0.1, 0.15) is 46.1 Å². The standard InChI is InChI=1S/C23H25F3O2/c1-16-5-10-20(21(2,3)15-16)27-18-11-13-22(4,14-12-18)17-6-8-19(9-7-17)28-23(24,25)26/h5-13H,14-15H2,1-4H3. The van der Waals surface area contributed by atoms with Gasteiger partial charge in [-0.1, -0.05) is 50.6 Å². The molecule has 5 heteroatoms. The summed E-state index contributed by atoms with van der Waals surface area (Å²) < 4.78 is 47.1. The Bertz CT molecular complexity index is 855. The maximum Gasteiger partial charge on any atom is 0.573 e. The molecule has 0 N–H and O–H groups in total. The molecule has 1 aromatic carbocycles. The van der Waals surface area contributed by atoms with Crippen molar-refractivity contribution in [3.05, 3.63) is 77.3 Å². The number of rotatable bonds is 4. The molecule has 0 aliphatic heterocycles.